The summed E-state index contributed by atoms with van der Waals surface area (Å²) in [6, 6.07) is 6.83. The molecule has 6 heteroatoms. The first-order chi connectivity index (χ1) is 9.90. The van der Waals surface area contributed by atoms with Gasteiger partial charge >= 0.3 is 0 Å². The molecule has 0 saturated heterocycles. The minimum Gasteiger partial charge on any atom is -0.392 e. The molecular formula is C15H26N2O3S. The number of aliphatic hydroxyl groups excluding tert-OH is 1. The molecule has 0 bridgehead atoms. The molecule has 120 valence electrons. The Morgan fingerprint density at radius 3 is 2.14 bits per heavy atom. The Balaban J connectivity index is 2.59. The van der Waals surface area contributed by atoms with Gasteiger partial charge in [-0.2, -0.15) is 0 Å². The number of benzene rings is 1. The third-order valence-corrected chi connectivity index (χ3v) is 4.84. The predicted molar refractivity (Wildman–Crippen MR) is 85.4 cm³/mol. The fraction of sp³-hybridized carbons (Fsp3) is 0.600. The number of likely N-dealkylation sites (N-methyl/N-ethyl adjacent to an activating group) is 1. The molecule has 1 aromatic rings. The number of rotatable bonds is 9. The molecule has 21 heavy (non-hydrogen) atoms. The van der Waals surface area contributed by atoms with Gasteiger partial charge in [0.1, 0.15) is 0 Å². The SMILES string of the molecule is CCN(CC)CC(C)NS(=O)(=O)Cc1ccc(CO)cc1. The van der Waals surface area contributed by atoms with E-state index in [2.05, 4.69) is 23.5 Å². The molecular weight excluding hydrogens is 288 g/mol. The van der Waals surface area contributed by atoms with Crippen molar-refractivity contribution in [3.8, 4) is 0 Å². The molecule has 0 amide bonds. The van der Waals surface area contributed by atoms with E-state index in [0.717, 1.165) is 24.2 Å². The highest BCUT2D eigenvalue weighted by atomic mass is 32.2. The van der Waals surface area contributed by atoms with Crippen LogP contribution in [0.4, 0.5) is 0 Å². The third kappa shape index (κ3) is 6.56. The summed E-state index contributed by atoms with van der Waals surface area (Å²) in [7, 11) is -3.35. The summed E-state index contributed by atoms with van der Waals surface area (Å²) in [5, 5.41) is 8.98. The van der Waals surface area contributed by atoms with Crippen LogP contribution in [0.2, 0.25) is 0 Å². The van der Waals surface area contributed by atoms with Gasteiger partial charge in [-0.1, -0.05) is 38.1 Å². The summed E-state index contributed by atoms with van der Waals surface area (Å²) >= 11 is 0. The standard InChI is InChI=1S/C15H26N2O3S/c1-4-17(5-2)10-13(3)16-21(19,20)12-15-8-6-14(11-18)7-9-15/h6-9,13,16,18H,4-5,10-12H2,1-3H3. The third-order valence-electron chi connectivity index (χ3n) is 3.37. The Morgan fingerprint density at radius 2 is 1.67 bits per heavy atom. The van der Waals surface area contributed by atoms with Crippen molar-refractivity contribution in [2.75, 3.05) is 19.6 Å². The lowest BCUT2D eigenvalue weighted by Gasteiger charge is -2.23. The lowest BCUT2D eigenvalue weighted by molar-refractivity contribution is 0.282. The molecule has 2 N–H and O–H groups in total. The number of hydrogen-bond acceptors (Lipinski definition) is 4. The highest BCUT2D eigenvalue weighted by molar-refractivity contribution is 7.88. The summed E-state index contributed by atoms with van der Waals surface area (Å²) in [5.41, 5.74) is 1.49. The average molecular weight is 314 g/mol. The van der Waals surface area contributed by atoms with Crippen LogP contribution in [0.1, 0.15) is 31.9 Å². The zero-order valence-electron chi connectivity index (χ0n) is 13.0. The molecule has 0 heterocycles. The van der Waals surface area contributed by atoms with Crippen molar-refractivity contribution in [3.63, 3.8) is 0 Å². The minimum absolute atomic E-state index is 0.0355. The summed E-state index contributed by atoms with van der Waals surface area (Å²) in [4.78, 5) is 2.18. The van der Waals surface area contributed by atoms with E-state index in [-0.39, 0.29) is 18.4 Å². The van der Waals surface area contributed by atoms with Crippen LogP contribution in [0.3, 0.4) is 0 Å². The highest BCUT2D eigenvalue weighted by Gasteiger charge is 2.16. The van der Waals surface area contributed by atoms with Crippen LogP contribution in [0.25, 0.3) is 0 Å². The van der Waals surface area contributed by atoms with Gasteiger partial charge in [0.25, 0.3) is 0 Å². The van der Waals surface area contributed by atoms with Crippen LogP contribution in [0.5, 0.6) is 0 Å². The molecule has 0 saturated carbocycles. The summed E-state index contributed by atoms with van der Waals surface area (Å²) < 4.78 is 27.0. The molecule has 1 aromatic carbocycles. The van der Waals surface area contributed by atoms with Crippen LogP contribution in [0, 0.1) is 0 Å². The summed E-state index contributed by atoms with van der Waals surface area (Å²) in [6.45, 7) is 8.49. The number of aliphatic hydroxyl groups is 1. The van der Waals surface area contributed by atoms with Crippen LogP contribution >= 0.6 is 0 Å². The molecule has 0 spiro atoms. The first kappa shape index (κ1) is 18.1. The fourth-order valence-corrected chi connectivity index (χ4v) is 3.62. The average Bonchev–Trinajstić information content (AvgIpc) is 2.44. The molecule has 0 aromatic heterocycles. The normalized spacial score (nSPS) is 13.6. The Kier molecular flexibility index (Phi) is 7.31. The van der Waals surface area contributed by atoms with Gasteiger partial charge in [-0.25, -0.2) is 13.1 Å². The Morgan fingerprint density at radius 1 is 1.14 bits per heavy atom. The van der Waals surface area contributed by atoms with E-state index in [4.69, 9.17) is 5.11 Å². The predicted octanol–water partition coefficient (Wildman–Crippen LogP) is 1.33. The largest absolute Gasteiger partial charge is 0.392 e. The Bertz CT molecular complexity index is 510. The Labute approximate surface area is 128 Å². The number of nitrogens with zero attached hydrogens (tertiary/aromatic N) is 1. The quantitative estimate of drug-likeness (QED) is 0.721. The summed E-state index contributed by atoms with van der Waals surface area (Å²) in [6.07, 6.45) is 0. The first-order valence-corrected chi connectivity index (χ1v) is 8.96. The Hall–Kier alpha value is -0.950. The van der Waals surface area contributed by atoms with Crippen molar-refractivity contribution in [2.24, 2.45) is 0 Å². The van der Waals surface area contributed by atoms with Crippen LogP contribution in [0.15, 0.2) is 24.3 Å². The van der Waals surface area contributed by atoms with Gasteiger partial charge in [0.2, 0.25) is 10.0 Å². The maximum atomic E-state index is 12.1. The lowest BCUT2D eigenvalue weighted by atomic mass is 10.2. The molecule has 5 nitrogen and oxygen atoms in total. The zero-order chi connectivity index (χ0) is 15.9. The van der Waals surface area contributed by atoms with Gasteiger partial charge in [-0.05, 0) is 31.1 Å². The molecule has 0 aliphatic heterocycles. The number of hydrogen-bond donors (Lipinski definition) is 2. The van der Waals surface area contributed by atoms with Crippen molar-refractivity contribution >= 4 is 10.0 Å². The minimum atomic E-state index is -3.35. The second-order valence-electron chi connectivity index (χ2n) is 5.24. The maximum Gasteiger partial charge on any atom is 0.216 e. The molecule has 0 radical (unpaired) electrons. The zero-order valence-corrected chi connectivity index (χ0v) is 13.9. The van der Waals surface area contributed by atoms with Gasteiger partial charge in [-0.3, -0.25) is 0 Å². The van der Waals surface area contributed by atoms with Crippen LogP contribution < -0.4 is 4.72 Å². The van der Waals surface area contributed by atoms with E-state index in [1.54, 1.807) is 24.3 Å². The van der Waals surface area contributed by atoms with E-state index >= 15 is 0 Å². The van der Waals surface area contributed by atoms with Crippen molar-refractivity contribution < 1.29 is 13.5 Å². The van der Waals surface area contributed by atoms with Gasteiger partial charge in [0.05, 0.1) is 12.4 Å². The number of sulfonamides is 1. The maximum absolute atomic E-state index is 12.1. The molecule has 1 atom stereocenters. The summed E-state index contributed by atoms with van der Waals surface area (Å²) in [5.74, 6) is -0.0404. The molecule has 0 aliphatic carbocycles. The molecule has 1 unspecified atom stereocenters. The van der Waals surface area contributed by atoms with E-state index in [1.807, 2.05) is 6.92 Å². The van der Waals surface area contributed by atoms with Crippen molar-refractivity contribution in [1.82, 2.24) is 9.62 Å². The van der Waals surface area contributed by atoms with Crippen LogP contribution in [-0.2, 0) is 22.4 Å². The van der Waals surface area contributed by atoms with Gasteiger partial charge in [-0.15, -0.1) is 0 Å². The van der Waals surface area contributed by atoms with Crippen LogP contribution in [-0.4, -0.2) is 44.1 Å². The van der Waals surface area contributed by atoms with E-state index in [0.29, 0.717) is 6.54 Å². The second-order valence-corrected chi connectivity index (χ2v) is 6.99. The van der Waals surface area contributed by atoms with Crippen molar-refractivity contribution in [3.05, 3.63) is 35.4 Å². The molecule has 0 fully saturated rings. The monoisotopic (exact) mass is 314 g/mol. The van der Waals surface area contributed by atoms with E-state index < -0.39 is 10.0 Å². The van der Waals surface area contributed by atoms with Gasteiger partial charge in [0, 0.05) is 12.6 Å². The lowest BCUT2D eigenvalue weighted by Crippen LogP contribution is -2.42. The topological polar surface area (TPSA) is 69.6 Å². The van der Waals surface area contributed by atoms with Crippen molar-refractivity contribution in [1.29, 1.82) is 0 Å². The highest BCUT2D eigenvalue weighted by Crippen LogP contribution is 2.08. The molecule has 1 rings (SSSR count). The van der Waals surface area contributed by atoms with E-state index in [1.165, 1.54) is 0 Å². The second kappa shape index (κ2) is 8.48. The fourth-order valence-electron chi connectivity index (χ4n) is 2.21. The van der Waals surface area contributed by atoms with Gasteiger partial charge < -0.3 is 10.0 Å². The van der Waals surface area contributed by atoms with Gasteiger partial charge in [0.15, 0.2) is 0 Å². The van der Waals surface area contributed by atoms with Crippen molar-refractivity contribution in [2.45, 2.75) is 39.2 Å². The molecule has 0 aliphatic rings. The number of nitrogens with one attached hydrogen (secondary N) is 1. The first-order valence-electron chi connectivity index (χ1n) is 7.31. The smallest absolute Gasteiger partial charge is 0.216 e. The van der Waals surface area contributed by atoms with E-state index in [9.17, 15) is 8.42 Å².